The van der Waals surface area contributed by atoms with Gasteiger partial charge in [0.15, 0.2) is 0 Å². The van der Waals surface area contributed by atoms with E-state index in [0.717, 1.165) is 16.8 Å². The second-order valence-corrected chi connectivity index (χ2v) is 3.56. The van der Waals surface area contributed by atoms with Crippen molar-refractivity contribution < 1.29 is 0 Å². The Morgan fingerprint density at radius 2 is 1.47 bits per heavy atom. The Morgan fingerprint density at radius 1 is 0.800 bits per heavy atom. The van der Waals surface area contributed by atoms with Crippen molar-refractivity contribution in [2.75, 3.05) is 5.73 Å². The molecular weight excluding hydrogens is 184 g/mol. The third-order valence-corrected chi connectivity index (χ3v) is 2.43. The third kappa shape index (κ3) is 2.17. The van der Waals surface area contributed by atoms with E-state index in [1.54, 1.807) is 0 Å². The lowest BCUT2D eigenvalue weighted by molar-refractivity contribution is 0.872. The number of hydrogen-bond acceptors (Lipinski definition) is 2. The van der Waals surface area contributed by atoms with Gasteiger partial charge in [-0.3, -0.25) is 0 Å². The van der Waals surface area contributed by atoms with E-state index < -0.39 is 0 Å². The maximum Gasteiger partial charge on any atom is 0.0552 e. The van der Waals surface area contributed by atoms with Gasteiger partial charge in [-0.25, -0.2) is 0 Å². The lowest BCUT2D eigenvalue weighted by Crippen LogP contribution is -2.11. The number of rotatable bonds is 2. The van der Waals surface area contributed by atoms with Crippen molar-refractivity contribution in [3.63, 3.8) is 0 Å². The molecule has 15 heavy (non-hydrogen) atoms. The first-order valence-electron chi connectivity index (χ1n) is 4.93. The highest BCUT2D eigenvalue weighted by atomic mass is 14.6. The molecule has 0 spiro atoms. The minimum Gasteiger partial charge on any atom is -0.399 e. The first-order chi connectivity index (χ1) is 7.27. The fourth-order valence-electron chi connectivity index (χ4n) is 1.61. The van der Waals surface area contributed by atoms with E-state index in [1.165, 1.54) is 0 Å². The number of anilines is 1. The van der Waals surface area contributed by atoms with Crippen molar-refractivity contribution in [2.24, 2.45) is 5.73 Å². The number of benzene rings is 2. The molecule has 2 rings (SSSR count). The molecule has 4 N–H and O–H groups in total. The van der Waals surface area contributed by atoms with Crippen LogP contribution in [0.1, 0.15) is 17.2 Å². The zero-order valence-corrected chi connectivity index (χ0v) is 8.43. The molecule has 0 amide bonds. The van der Waals surface area contributed by atoms with Gasteiger partial charge in [0.05, 0.1) is 6.04 Å². The van der Waals surface area contributed by atoms with Gasteiger partial charge in [0.2, 0.25) is 0 Å². The van der Waals surface area contributed by atoms with Crippen LogP contribution in [0.25, 0.3) is 0 Å². The fraction of sp³-hybridized carbons (Fsp3) is 0.0769. The molecule has 0 bridgehead atoms. The Balaban J connectivity index is 2.32. The van der Waals surface area contributed by atoms with Crippen LogP contribution in [0.5, 0.6) is 0 Å². The monoisotopic (exact) mass is 198 g/mol. The van der Waals surface area contributed by atoms with Gasteiger partial charge in [-0.15, -0.1) is 0 Å². The van der Waals surface area contributed by atoms with Crippen molar-refractivity contribution in [2.45, 2.75) is 6.04 Å². The minimum absolute atomic E-state index is 0.102. The Morgan fingerprint density at radius 3 is 2.13 bits per heavy atom. The Kier molecular flexibility index (Phi) is 2.70. The topological polar surface area (TPSA) is 52.0 Å². The van der Waals surface area contributed by atoms with Crippen LogP contribution in [0.2, 0.25) is 0 Å². The van der Waals surface area contributed by atoms with Gasteiger partial charge in [-0.2, -0.15) is 0 Å². The minimum atomic E-state index is -0.102. The molecule has 0 aliphatic heterocycles. The summed E-state index contributed by atoms with van der Waals surface area (Å²) >= 11 is 0. The quantitative estimate of drug-likeness (QED) is 0.727. The molecule has 0 radical (unpaired) electrons. The largest absolute Gasteiger partial charge is 0.399 e. The van der Waals surface area contributed by atoms with Crippen LogP contribution in [0.15, 0.2) is 54.6 Å². The lowest BCUT2D eigenvalue weighted by Gasteiger charge is -2.12. The van der Waals surface area contributed by atoms with Crippen molar-refractivity contribution >= 4 is 5.69 Å². The summed E-state index contributed by atoms with van der Waals surface area (Å²) in [5, 5.41) is 0. The van der Waals surface area contributed by atoms with Gasteiger partial charge in [0, 0.05) is 5.69 Å². The molecule has 0 unspecified atom stereocenters. The lowest BCUT2D eigenvalue weighted by atomic mass is 9.99. The molecule has 2 heteroatoms. The summed E-state index contributed by atoms with van der Waals surface area (Å²) in [6.45, 7) is 0. The summed E-state index contributed by atoms with van der Waals surface area (Å²) in [6.07, 6.45) is 0. The SMILES string of the molecule is Nc1cccc([C@H](N)c2ccccc2)c1. The molecule has 0 aliphatic carbocycles. The highest BCUT2D eigenvalue weighted by Crippen LogP contribution is 2.20. The molecule has 2 nitrogen and oxygen atoms in total. The van der Waals surface area contributed by atoms with E-state index in [4.69, 9.17) is 11.5 Å². The van der Waals surface area contributed by atoms with Crippen molar-refractivity contribution in [1.29, 1.82) is 0 Å². The van der Waals surface area contributed by atoms with E-state index in [1.807, 2.05) is 54.6 Å². The molecule has 0 fully saturated rings. The van der Waals surface area contributed by atoms with Crippen molar-refractivity contribution in [3.8, 4) is 0 Å². The Bertz CT molecular complexity index is 437. The molecule has 0 saturated heterocycles. The summed E-state index contributed by atoms with van der Waals surface area (Å²) in [6, 6.07) is 17.6. The number of hydrogen-bond donors (Lipinski definition) is 2. The van der Waals surface area contributed by atoms with Crippen molar-refractivity contribution in [1.82, 2.24) is 0 Å². The van der Waals surface area contributed by atoms with Gasteiger partial charge in [0.25, 0.3) is 0 Å². The van der Waals surface area contributed by atoms with Crippen LogP contribution in [0, 0.1) is 0 Å². The summed E-state index contributed by atoms with van der Waals surface area (Å²) in [5.41, 5.74) is 14.7. The molecule has 0 heterocycles. The summed E-state index contributed by atoms with van der Waals surface area (Å²) in [7, 11) is 0. The molecule has 0 aliphatic rings. The first-order valence-corrected chi connectivity index (χ1v) is 4.93. The van der Waals surface area contributed by atoms with Crippen molar-refractivity contribution in [3.05, 3.63) is 65.7 Å². The average Bonchev–Trinajstić information content (AvgIpc) is 2.29. The predicted molar refractivity (Wildman–Crippen MR) is 63.3 cm³/mol. The van der Waals surface area contributed by atoms with Crippen LogP contribution in [0.3, 0.4) is 0 Å². The van der Waals surface area contributed by atoms with Crippen LogP contribution in [-0.4, -0.2) is 0 Å². The number of nitrogen functional groups attached to an aromatic ring is 1. The predicted octanol–water partition coefficient (Wildman–Crippen LogP) is 2.32. The molecule has 2 aromatic carbocycles. The first kappa shape index (κ1) is 9.74. The van der Waals surface area contributed by atoms with Crippen LogP contribution in [0.4, 0.5) is 5.69 Å². The second-order valence-electron chi connectivity index (χ2n) is 3.56. The fourth-order valence-corrected chi connectivity index (χ4v) is 1.61. The van der Waals surface area contributed by atoms with Crippen LogP contribution in [-0.2, 0) is 0 Å². The average molecular weight is 198 g/mol. The normalized spacial score (nSPS) is 12.3. The molecule has 0 saturated carbocycles. The molecule has 1 atom stereocenters. The summed E-state index contributed by atoms with van der Waals surface area (Å²) in [4.78, 5) is 0. The zero-order valence-electron chi connectivity index (χ0n) is 8.43. The molecule has 0 aromatic heterocycles. The van der Waals surface area contributed by atoms with Gasteiger partial charge < -0.3 is 11.5 Å². The highest BCUT2D eigenvalue weighted by Gasteiger charge is 2.07. The highest BCUT2D eigenvalue weighted by molar-refractivity contribution is 5.44. The van der Waals surface area contributed by atoms with Crippen LogP contribution >= 0.6 is 0 Å². The van der Waals surface area contributed by atoms with Gasteiger partial charge >= 0.3 is 0 Å². The third-order valence-electron chi connectivity index (χ3n) is 2.43. The smallest absolute Gasteiger partial charge is 0.0552 e. The van der Waals surface area contributed by atoms with E-state index in [0.29, 0.717) is 0 Å². The molecule has 2 aromatic rings. The zero-order chi connectivity index (χ0) is 10.7. The van der Waals surface area contributed by atoms with E-state index in [-0.39, 0.29) is 6.04 Å². The Labute approximate surface area is 89.5 Å². The van der Waals surface area contributed by atoms with Crippen LogP contribution < -0.4 is 11.5 Å². The van der Waals surface area contributed by atoms with Gasteiger partial charge in [0.1, 0.15) is 0 Å². The standard InChI is InChI=1S/C13H14N2/c14-12-8-4-7-11(9-12)13(15)10-5-2-1-3-6-10/h1-9,13H,14-15H2/t13-/m1/s1. The summed E-state index contributed by atoms with van der Waals surface area (Å²) in [5.74, 6) is 0. The summed E-state index contributed by atoms with van der Waals surface area (Å²) < 4.78 is 0. The second kappa shape index (κ2) is 4.15. The molecule has 76 valence electrons. The van der Waals surface area contributed by atoms with E-state index in [9.17, 15) is 0 Å². The van der Waals surface area contributed by atoms with Gasteiger partial charge in [-0.05, 0) is 23.3 Å². The Hall–Kier alpha value is -1.80. The van der Waals surface area contributed by atoms with Gasteiger partial charge in [-0.1, -0.05) is 42.5 Å². The van der Waals surface area contributed by atoms with E-state index >= 15 is 0 Å². The number of nitrogens with two attached hydrogens (primary N) is 2. The maximum absolute atomic E-state index is 6.13. The molecular formula is C13H14N2. The van der Waals surface area contributed by atoms with E-state index in [2.05, 4.69) is 0 Å². The maximum atomic E-state index is 6.13.